The van der Waals surface area contributed by atoms with Crippen LogP contribution in [0.3, 0.4) is 0 Å². The van der Waals surface area contributed by atoms with Gasteiger partial charge in [-0.15, -0.1) is 0 Å². The maximum atomic E-state index is 13.2. The predicted octanol–water partition coefficient (Wildman–Crippen LogP) is 4.11. The fourth-order valence-electron chi connectivity index (χ4n) is 3.88. The van der Waals surface area contributed by atoms with Crippen molar-refractivity contribution in [2.45, 2.75) is 12.2 Å². The number of carbonyl (C=O) groups excluding carboxylic acids is 1. The van der Waals surface area contributed by atoms with Gasteiger partial charge >= 0.3 is 5.97 Å². The molecule has 4 rings (SSSR count). The first-order chi connectivity index (χ1) is 15.5. The number of ether oxygens (including phenoxy) is 4. The lowest BCUT2D eigenvalue weighted by atomic mass is 9.88. The molecule has 1 N–H and O–H groups in total. The molecule has 3 aromatic rings. The number of hydrogen-bond acceptors (Lipinski definition) is 6. The fraction of sp³-hybridized carbons (Fsp3) is 0.192. The number of esters is 1. The molecule has 0 amide bonds. The van der Waals surface area contributed by atoms with E-state index >= 15 is 0 Å². The van der Waals surface area contributed by atoms with Crippen LogP contribution in [0.25, 0.3) is 5.57 Å². The second kappa shape index (κ2) is 8.77. The molecule has 0 aliphatic carbocycles. The highest BCUT2D eigenvalue weighted by Gasteiger charge is 2.48. The number of aliphatic hydroxyl groups is 1. The summed E-state index contributed by atoms with van der Waals surface area (Å²) in [5.74, 6) is -0.891. The third-order valence-corrected chi connectivity index (χ3v) is 5.54. The van der Waals surface area contributed by atoms with Crippen LogP contribution in [-0.4, -0.2) is 32.4 Å². The topological polar surface area (TPSA) is 74.2 Å². The molecule has 1 aliphatic heterocycles. The molecular formula is C26H24O6. The van der Waals surface area contributed by atoms with Gasteiger partial charge in [0.25, 0.3) is 5.79 Å². The zero-order valence-electron chi connectivity index (χ0n) is 18.1. The van der Waals surface area contributed by atoms with Crippen LogP contribution in [0.15, 0.2) is 78.4 Å². The molecule has 1 heterocycles. The Morgan fingerprint density at radius 2 is 1.50 bits per heavy atom. The van der Waals surface area contributed by atoms with E-state index in [1.807, 2.05) is 30.3 Å². The Bertz CT molecular complexity index is 1150. The van der Waals surface area contributed by atoms with Crippen molar-refractivity contribution in [3.8, 4) is 17.2 Å². The van der Waals surface area contributed by atoms with Gasteiger partial charge in [0.15, 0.2) is 0 Å². The van der Waals surface area contributed by atoms with Gasteiger partial charge in [0, 0.05) is 29.2 Å². The average Bonchev–Trinajstić information content (AvgIpc) is 3.09. The van der Waals surface area contributed by atoms with Gasteiger partial charge in [-0.1, -0.05) is 30.3 Å². The SMILES string of the molecule is COc1ccc(C2(O)OC(=O)C(c3ccc(OC)cc3OC)=C2Cc2ccccc2)cc1. The molecule has 0 aromatic heterocycles. The average molecular weight is 432 g/mol. The number of hydrogen-bond donors (Lipinski definition) is 1. The number of rotatable bonds is 7. The molecule has 0 fully saturated rings. The van der Waals surface area contributed by atoms with Crippen LogP contribution in [-0.2, 0) is 21.7 Å². The molecule has 6 heteroatoms. The van der Waals surface area contributed by atoms with Crippen LogP contribution in [0.2, 0.25) is 0 Å². The van der Waals surface area contributed by atoms with Gasteiger partial charge < -0.3 is 24.1 Å². The Morgan fingerprint density at radius 1 is 0.844 bits per heavy atom. The number of carbonyl (C=O) groups is 1. The molecular weight excluding hydrogens is 408 g/mol. The maximum Gasteiger partial charge on any atom is 0.342 e. The zero-order chi connectivity index (χ0) is 22.7. The lowest BCUT2D eigenvalue weighted by Gasteiger charge is -2.26. The lowest BCUT2D eigenvalue weighted by Crippen LogP contribution is -2.29. The standard InChI is InChI=1S/C26H24O6/c1-29-19-11-9-18(10-12-19)26(28)22(15-17-7-5-4-6-8-17)24(25(27)32-26)21-14-13-20(30-2)16-23(21)31-3/h4-14,16,28H,15H2,1-3H3. The summed E-state index contributed by atoms with van der Waals surface area (Å²) in [4.78, 5) is 13.2. The van der Waals surface area contributed by atoms with Gasteiger partial charge in [0.2, 0.25) is 0 Å². The zero-order valence-corrected chi connectivity index (χ0v) is 18.1. The van der Waals surface area contributed by atoms with Crippen LogP contribution in [0.4, 0.5) is 0 Å². The van der Waals surface area contributed by atoms with Crippen molar-refractivity contribution < 1.29 is 28.8 Å². The number of cyclic esters (lactones) is 1. The molecule has 0 bridgehead atoms. The number of methoxy groups -OCH3 is 3. The van der Waals surface area contributed by atoms with E-state index in [0.29, 0.717) is 40.4 Å². The van der Waals surface area contributed by atoms with Crippen molar-refractivity contribution >= 4 is 11.5 Å². The molecule has 0 saturated carbocycles. The van der Waals surface area contributed by atoms with E-state index in [1.165, 1.54) is 7.11 Å². The van der Waals surface area contributed by atoms with Gasteiger partial charge in [-0.25, -0.2) is 4.79 Å². The van der Waals surface area contributed by atoms with E-state index in [2.05, 4.69) is 0 Å². The van der Waals surface area contributed by atoms with Gasteiger partial charge in [-0.2, -0.15) is 0 Å². The summed E-state index contributed by atoms with van der Waals surface area (Å²) in [6.07, 6.45) is 0.305. The summed E-state index contributed by atoms with van der Waals surface area (Å²) in [5.41, 5.74) is 2.58. The Kier molecular flexibility index (Phi) is 5.88. The smallest absolute Gasteiger partial charge is 0.342 e. The molecule has 0 saturated heterocycles. The van der Waals surface area contributed by atoms with E-state index < -0.39 is 11.8 Å². The first-order valence-corrected chi connectivity index (χ1v) is 10.1. The minimum atomic E-state index is -1.93. The van der Waals surface area contributed by atoms with Crippen molar-refractivity contribution in [1.82, 2.24) is 0 Å². The van der Waals surface area contributed by atoms with Crippen molar-refractivity contribution in [3.63, 3.8) is 0 Å². The minimum absolute atomic E-state index is 0.270. The van der Waals surface area contributed by atoms with E-state index in [9.17, 15) is 9.90 Å². The highest BCUT2D eigenvalue weighted by atomic mass is 16.7. The maximum absolute atomic E-state index is 13.2. The van der Waals surface area contributed by atoms with E-state index in [4.69, 9.17) is 18.9 Å². The summed E-state index contributed by atoms with van der Waals surface area (Å²) in [6, 6.07) is 21.6. The van der Waals surface area contributed by atoms with E-state index in [-0.39, 0.29) is 5.57 Å². The second-order valence-corrected chi connectivity index (χ2v) is 7.34. The lowest BCUT2D eigenvalue weighted by molar-refractivity contribution is -0.185. The Balaban J connectivity index is 1.92. The van der Waals surface area contributed by atoms with Crippen molar-refractivity contribution in [3.05, 3.63) is 95.1 Å². The summed E-state index contributed by atoms with van der Waals surface area (Å²) < 4.78 is 21.7. The van der Waals surface area contributed by atoms with Gasteiger partial charge in [0.1, 0.15) is 17.2 Å². The highest BCUT2D eigenvalue weighted by Crippen LogP contribution is 2.47. The van der Waals surface area contributed by atoms with Crippen molar-refractivity contribution in [2.75, 3.05) is 21.3 Å². The third kappa shape index (κ3) is 3.81. The van der Waals surface area contributed by atoms with Gasteiger partial charge in [0.05, 0.1) is 26.9 Å². The summed E-state index contributed by atoms with van der Waals surface area (Å²) in [6.45, 7) is 0. The van der Waals surface area contributed by atoms with Gasteiger partial charge in [-0.3, -0.25) is 0 Å². The van der Waals surface area contributed by atoms with Crippen LogP contribution in [0.5, 0.6) is 17.2 Å². The molecule has 0 spiro atoms. The van der Waals surface area contributed by atoms with E-state index in [1.54, 1.807) is 56.7 Å². The fourth-order valence-corrected chi connectivity index (χ4v) is 3.88. The molecule has 32 heavy (non-hydrogen) atoms. The molecule has 1 aliphatic rings. The van der Waals surface area contributed by atoms with Gasteiger partial charge in [-0.05, 0) is 42.0 Å². The first-order valence-electron chi connectivity index (χ1n) is 10.1. The molecule has 0 radical (unpaired) electrons. The largest absolute Gasteiger partial charge is 0.497 e. The van der Waals surface area contributed by atoms with Crippen molar-refractivity contribution in [1.29, 1.82) is 0 Å². The first kappa shape index (κ1) is 21.5. The van der Waals surface area contributed by atoms with Crippen LogP contribution in [0.1, 0.15) is 16.7 Å². The summed E-state index contributed by atoms with van der Waals surface area (Å²) in [7, 11) is 4.64. The van der Waals surface area contributed by atoms with Crippen molar-refractivity contribution in [2.24, 2.45) is 0 Å². The molecule has 1 unspecified atom stereocenters. The van der Waals surface area contributed by atoms with Crippen LogP contribution < -0.4 is 14.2 Å². The Labute approximate surface area is 186 Å². The molecule has 3 aromatic carbocycles. The quantitative estimate of drug-likeness (QED) is 0.567. The third-order valence-electron chi connectivity index (χ3n) is 5.54. The number of benzene rings is 3. The normalized spacial score (nSPS) is 17.8. The highest BCUT2D eigenvalue weighted by molar-refractivity contribution is 6.21. The monoisotopic (exact) mass is 432 g/mol. The van der Waals surface area contributed by atoms with E-state index in [0.717, 1.165) is 5.56 Å². The second-order valence-electron chi connectivity index (χ2n) is 7.34. The summed E-state index contributed by atoms with van der Waals surface area (Å²) in [5, 5.41) is 11.7. The molecule has 164 valence electrons. The summed E-state index contributed by atoms with van der Waals surface area (Å²) >= 11 is 0. The van der Waals surface area contributed by atoms with Crippen LogP contribution in [0, 0.1) is 0 Å². The minimum Gasteiger partial charge on any atom is -0.497 e. The molecule has 6 nitrogen and oxygen atoms in total. The Hall–Kier alpha value is -3.77. The molecule has 1 atom stereocenters. The predicted molar refractivity (Wildman–Crippen MR) is 120 cm³/mol. The Morgan fingerprint density at radius 3 is 2.12 bits per heavy atom. The van der Waals surface area contributed by atoms with Crippen LogP contribution >= 0.6 is 0 Å².